The van der Waals surface area contributed by atoms with Gasteiger partial charge in [-0.25, -0.2) is 4.98 Å². The molecule has 0 aliphatic rings. The first-order valence-electron chi connectivity index (χ1n) is 8.65. The molecule has 0 atom stereocenters. The average Bonchev–Trinajstić information content (AvgIpc) is 3.11. The molecule has 1 aromatic heterocycles. The van der Waals surface area contributed by atoms with E-state index in [0.29, 0.717) is 21.8 Å². The van der Waals surface area contributed by atoms with Crippen LogP contribution in [0.15, 0.2) is 53.5 Å². The first kappa shape index (κ1) is 18.5. The lowest BCUT2D eigenvalue weighted by atomic mass is 10.0. The van der Waals surface area contributed by atoms with E-state index in [1.165, 1.54) is 11.3 Å². The number of fused-ring (bicyclic) bond motifs is 1. The van der Waals surface area contributed by atoms with Gasteiger partial charge in [-0.2, -0.15) is 0 Å². The van der Waals surface area contributed by atoms with Crippen LogP contribution in [0.3, 0.4) is 0 Å². The van der Waals surface area contributed by atoms with Crippen LogP contribution in [0, 0.1) is 13.8 Å². The number of aliphatic imine (C=N–C) groups is 1. The Morgan fingerprint density at radius 2 is 1.82 bits per heavy atom. The van der Waals surface area contributed by atoms with Gasteiger partial charge in [0.25, 0.3) is 0 Å². The number of hydrogen-bond acceptors (Lipinski definition) is 5. The molecule has 0 amide bonds. The Balaban J connectivity index is 1.74. The van der Waals surface area contributed by atoms with Crippen molar-refractivity contribution in [2.24, 2.45) is 4.99 Å². The van der Waals surface area contributed by atoms with Crippen molar-refractivity contribution < 1.29 is 10.2 Å². The number of phenolic OH excluding ortho intramolecular Hbond substituents is 2. The fourth-order valence-electron chi connectivity index (χ4n) is 3.02. The number of benzene rings is 3. The zero-order valence-corrected chi connectivity index (χ0v) is 16.8. The summed E-state index contributed by atoms with van der Waals surface area (Å²) in [6, 6.07) is 14.6. The van der Waals surface area contributed by atoms with Crippen LogP contribution in [0.4, 0.5) is 5.69 Å². The molecule has 4 aromatic rings. The second-order valence-corrected chi connectivity index (χ2v) is 7.92. The van der Waals surface area contributed by atoms with Gasteiger partial charge in [0.05, 0.1) is 21.5 Å². The number of para-hydroxylation sites is 1. The van der Waals surface area contributed by atoms with Crippen molar-refractivity contribution in [2.75, 3.05) is 0 Å². The van der Waals surface area contributed by atoms with Crippen molar-refractivity contribution in [3.05, 3.63) is 70.2 Å². The molecule has 0 aliphatic carbocycles. The minimum atomic E-state index is 0.133. The molecular weight excluding hydrogens is 392 g/mol. The summed E-state index contributed by atoms with van der Waals surface area (Å²) in [5.74, 6) is 0.281. The predicted molar refractivity (Wildman–Crippen MR) is 117 cm³/mol. The van der Waals surface area contributed by atoms with Gasteiger partial charge in [-0.15, -0.1) is 11.3 Å². The van der Waals surface area contributed by atoms with Gasteiger partial charge in [0.1, 0.15) is 16.5 Å². The van der Waals surface area contributed by atoms with Crippen molar-refractivity contribution in [1.82, 2.24) is 4.98 Å². The molecule has 0 radical (unpaired) electrons. The van der Waals surface area contributed by atoms with Gasteiger partial charge in [0.15, 0.2) is 0 Å². The third-order valence-electron chi connectivity index (χ3n) is 4.56. The Kier molecular flexibility index (Phi) is 4.79. The number of phenols is 2. The molecule has 0 spiro atoms. The molecule has 0 saturated heterocycles. The van der Waals surface area contributed by atoms with Gasteiger partial charge in [-0.05, 0) is 61.4 Å². The van der Waals surface area contributed by atoms with E-state index in [1.807, 2.05) is 38.1 Å². The Morgan fingerprint density at radius 1 is 1.04 bits per heavy atom. The smallest absolute Gasteiger partial charge is 0.128 e. The SMILES string of the molecule is Cc1cc(O)c(C=Nc2ccc(O)c(-c3nc4ccccc4s3)c2)c(C)c1Cl. The number of aromatic nitrogens is 1. The minimum absolute atomic E-state index is 0.133. The van der Waals surface area contributed by atoms with E-state index in [0.717, 1.165) is 26.4 Å². The largest absolute Gasteiger partial charge is 0.507 e. The first-order chi connectivity index (χ1) is 13.4. The van der Waals surface area contributed by atoms with Crippen LogP contribution in [0.5, 0.6) is 11.5 Å². The molecule has 0 unspecified atom stereocenters. The number of thiazole rings is 1. The van der Waals surface area contributed by atoms with E-state index in [9.17, 15) is 10.2 Å². The summed E-state index contributed by atoms with van der Waals surface area (Å²) in [5.41, 5.74) is 4.32. The predicted octanol–water partition coefficient (Wildman–Crippen LogP) is 6.40. The first-order valence-corrected chi connectivity index (χ1v) is 9.85. The van der Waals surface area contributed by atoms with Crippen LogP contribution in [-0.4, -0.2) is 21.4 Å². The van der Waals surface area contributed by atoms with Crippen LogP contribution < -0.4 is 0 Å². The molecule has 3 aromatic carbocycles. The van der Waals surface area contributed by atoms with E-state index in [1.54, 1.807) is 30.5 Å². The Hall–Kier alpha value is -2.89. The van der Waals surface area contributed by atoms with E-state index >= 15 is 0 Å². The molecule has 140 valence electrons. The Bertz CT molecular complexity index is 1200. The van der Waals surface area contributed by atoms with Crippen LogP contribution in [0.1, 0.15) is 16.7 Å². The number of rotatable bonds is 3. The molecule has 4 nitrogen and oxygen atoms in total. The zero-order chi connectivity index (χ0) is 19.8. The highest BCUT2D eigenvalue weighted by molar-refractivity contribution is 7.21. The third kappa shape index (κ3) is 3.35. The van der Waals surface area contributed by atoms with Crippen molar-refractivity contribution in [3.8, 4) is 22.1 Å². The number of aromatic hydroxyl groups is 2. The summed E-state index contributed by atoms with van der Waals surface area (Å²) in [4.78, 5) is 9.07. The number of nitrogens with zero attached hydrogens (tertiary/aromatic N) is 2. The number of aryl methyl sites for hydroxylation is 1. The molecule has 28 heavy (non-hydrogen) atoms. The lowest BCUT2D eigenvalue weighted by Gasteiger charge is -2.09. The fraction of sp³-hybridized carbons (Fsp3) is 0.0909. The van der Waals surface area contributed by atoms with Crippen LogP contribution in [-0.2, 0) is 0 Å². The summed E-state index contributed by atoms with van der Waals surface area (Å²) in [7, 11) is 0. The average molecular weight is 409 g/mol. The van der Waals surface area contributed by atoms with Gasteiger partial charge in [-0.1, -0.05) is 23.7 Å². The molecule has 4 rings (SSSR count). The van der Waals surface area contributed by atoms with Crippen LogP contribution in [0.25, 0.3) is 20.8 Å². The van der Waals surface area contributed by atoms with Gasteiger partial charge in [-0.3, -0.25) is 4.99 Å². The van der Waals surface area contributed by atoms with Crippen molar-refractivity contribution in [1.29, 1.82) is 0 Å². The van der Waals surface area contributed by atoms with Crippen LogP contribution >= 0.6 is 22.9 Å². The number of hydrogen-bond donors (Lipinski definition) is 2. The topological polar surface area (TPSA) is 65.7 Å². The zero-order valence-electron chi connectivity index (χ0n) is 15.3. The molecular formula is C22H17ClN2O2S. The molecule has 1 heterocycles. The van der Waals surface area contributed by atoms with Crippen LogP contribution in [0.2, 0.25) is 5.02 Å². The maximum atomic E-state index is 10.3. The molecule has 6 heteroatoms. The highest BCUT2D eigenvalue weighted by Gasteiger charge is 2.12. The van der Waals surface area contributed by atoms with Gasteiger partial charge >= 0.3 is 0 Å². The van der Waals surface area contributed by atoms with Gasteiger partial charge < -0.3 is 10.2 Å². The van der Waals surface area contributed by atoms with Gasteiger partial charge in [0, 0.05) is 16.8 Å². The maximum Gasteiger partial charge on any atom is 0.128 e. The van der Waals surface area contributed by atoms with Crippen molar-refractivity contribution in [3.63, 3.8) is 0 Å². The highest BCUT2D eigenvalue weighted by Crippen LogP contribution is 2.37. The Labute approximate surface area is 171 Å². The minimum Gasteiger partial charge on any atom is -0.507 e. The Morgan fingerprint density at radius 3 is 2.61 bits per heavy atom. The monoisotopic (exact) mass is 408 g/mol. The molecule has 0 bridgehead atoms. The highest BCUT2D eigenvalue weighted by atomic mass is 35.5. The molecule has 0 saturated carbocycles. The quantitative estimate of drug-likeness (QED) is 0.385. The lowest BCUT2D eigenvalue weighted by Crippen LogP contribution is -1.92. The van der Waals surface area contributed by atoms with E-state index in [4.69, 9.17) is 11.6 Å². The lowest BCUT2D eigenvalue weighted by molar-refractivity contribution is 0.473. The van der Waals surface area contributed by atoms with E-state index in [-0.39, 0.29) is 11.5 Å². The summed E-state index contributed by atoms with van der Waals surface area (Å²) < 4.78 is 1.06. The standard InChI is InChI=1S/C22H17ClN2O2S/c1-12-9-19(27)16(13(2)21(12)23)11-24-14-7-8-18(26)15(10-14)22-25-17-5-3-4-6-20(17)28-22/h3-11,26-27H,1-2H3. The normalized spacial score (nSPS) is 11.5. The molecule has 0 fully saturated rings. The number of halogens is 1. The summed E-state index contributed by atoms with van der Waals surface area (Å²) >= 11 is 7.80. The van der Waals surface area contributed by atoms with E-state index < -0.39 is 0 Å². The van der Waals surface area contributed by atoms with Crippen molar-refractivity contribution in [2.45, 2.75) is 13.8 Å². The molecule has 2 N–H and O–H groups in total. The second-order valence-electron chi connectivity index (χ2n) is 6.51. The summed E-state index contributed by atoms with van der Waals surface area (Å²) in [6.07, 6.45) is 1.59. The van der Waals surface area contributed by atoms with Crippen molar-refractivity contribution >= 4 is 45.1 Å². The summed E-state index contributed by atoms with van der Waals surface area (Å²) in [6.45, 7) is 3.69. The fourth-order valence-corrected chi connectivity index (χ4v) is 4.16. The molecule has 0 aliphatic heterocycles. The van der Waals surface area contributed by atoms with E-state index in [2.05, 4.69) is 9.98 Å². The third-order valence-corrected chi connectivity index (χ3v) is 6.21. The second kappa shape index (κ2) is 7.26. The maximum absolute atomic E-state index is 10.3. The summed E-state index contributed by atoms with van der Waals surface area (Å²) in [5, 5.41) is 21.9. The van der Waals surface area contributed by atoms with Gasteiger partial charge in [0.2, 0.25) is 0 Å².